The fraction of sp³-hybridized carbons (Fsp3) is 0.600. The molecule has 0 aromatic carbocycles. The lowest BCUT2D eigenvalue weighted by Gasteiger charge is -2.14. The van der Waals surface area contributed by atoms with Crippen molar-refractivity contribution in [3.05, 3.63) is 17.5 Å². The Morgan fingerprint density at radius 1 is 1.56 bits per heavy atom. The van der Waals surface area contributed by atoms with Gasteiger partial charge in [-0.3, -0.25) is 9.48 Å². The van der Waals surface area contributed by atoms with E-state index in [-0.39, 0.29) is 24.4 Å². The van der Waals surface area contributed by atoms with Crippen LogP contribution in [0.1, 0.15) is 31.1 Å². The van der Waals surface area contributed by atoms with Gasteiger partial charge >= 0.3 is 0 Å². The van der Waals surface area contributed by atoms with Gasteiger partial charge in [0.05, 0.1) is 17.8 Å². The first-order valence-corrected chi connectivity index (χ1v) is 4.98. The van der Waals surface area contributed by atoms with E-state index in [4.69, 9.17) is 5.73 Å². The second-order valence-corrected chi connectivity index (χ2v) is 3.86. The first-order valence-electron chi connectivity index (χ1n) is 4.98. The van der Waals surface area contributed by atoms with Gasteiger partial charge in [-0.15, -0.1) is 12.4 Å². The molecule has 0 bridgehead atoms. The van der Waals surface area contributed by atoms with Crippen LogP contribution in [0.15, 0.2) is 6.20 Å². The Morgan fingerprint density at radius 2 is 2.12 bits per heavy atom. The Bertz CT molecular complexity index is 362. The number of hydrogen-bond acceptors (Lipinski definition) is 3. The molecule has 1 aromatic rings. The molecule has 1 amide bonds. The third kappa shape index (κ3) is 3.50. The number of aryl methyl sites for hydroxylation is 2. The lowest BCUT2D eigenvalue weighted by molar-refractivity contribution is -0.122. The summed E-state index contributed by atoms with van der Waals surface area (Å²) in [6.45, 7) is 5.51. The summed E-state index contributed by atoms with van der Waals surface area (Å²) in [4.78, 5) is 11.4. The predicted molar refractivity (Wildman–Crippen MR) is 65.4 cm³/mol. The SMILES string of the molecule is Cc1nn(C)cc1C(C)NC(=O)[C@@H](C)N.Cl. The van der Waals surface area contributed by atoms with Crippen molar-refractivity contribution in [1.82, 2.24) is 15.1 Å². The van der Waals surface area contributed by atoms with Crippen molar-refractivity contribution in [2.75, 3.05) is 0 Å². The van der Waals surface area contributed by atoms with Crippen LogP contribution in [-0.4, -0.2) is 21.7 Å². The summed E-state index contributed by atoms with van der Waals surface area (Å²) < 4.78 is 1.74. The van der Waals surface area contributed by atoms with Crippen LogP contribution in [0.5, 0.6) is 0 Å². The van der Waals surface area contributed by atoms with E-state index in [1.165, 1.54) is 0 Å². The van der Waals surface area contributed by atoms with Crippen molar-refractivity contribution in [1.29, 1.82) is 0 Å². The molecule has 0 radical (unpaired) electrons. The maximum atomic E-state index is 11.4. The highest BCUT2D eigenvalue weighted by Crippen LogP contribution is 2.15. The molecule has 5 nitrogen and oxygen atoms in total. The monoisotopic (exact) mass is 246 g/mol. The average molecular weight is 247 g/mol. The predicted octanol–water partition coefficient (Wildman–Crippen LogP) is 0.675. The highest BCUT2D eigenvalue weighted by molar-refractivity contribution is 5.85. The third-order valence-corrected chi connectivity index (χ3v) is 2.29. The standard InChI is InChI=1S/C10H18N4O.ClH/c1-6(11)10(15)12-7(2)9-5-14(4)13-8(9)3;/h5-7H,11H2,1-4H3,(H,12,15);1H/t6-,7?;/m1./s1. The van der Waals surface area contributed by atoms with E-state index in [9.17, 15) is 4.79 Å². The Morgan fingerprint density at radius 3 is 2.50 bits per heavy atom. The maximum Gasteiger partial charge on any atom is 0.237 e. The summed E-state index contributed by atoms with van der Waals surface area (Å²) in [7, 11) is 1.86. The molecule has 0 spiro atoms. The van der Waals surface area contributed by atoms with E-state index in [2.05, 4.69) is 10.4 Å². The van der Waals surface area contributed by atoms with Crippen LogP contribution in [0.3, 0.4) is 0 Å². The molecule has 0 aliphatic heterocycles. The topological polar surface area (TPSA) is 72.9 Å². The second kappa shape index (κ2) is 5.86. The third-order valence-electron chi connectivity index (χ3n) is 2.29. The van der Waals surface area contributed by atoms with E-state index in [1.54, 1.807) is 11.6 Å². The second-order valence-electron chi connectivity index (χ2n) is 3.86. The van der Waals surface area contributed by atoms with Gasteiger partial charge < -0.3 is 11.1 Å². The van der Waals surface area contributed by atoms with Crippen molar-refractivity contribution in [2.45, 2.75) is 32.9 Å². The number of rotatable bonds is 3. The van der Waals surface area contributed by atoms with Crippen LogP contribution in [0.4, 0.5) is 0 Å². The lowest BCUT2D eigenvalue weighted by atomic mass is 10.1. The highest BCUT2D eigenvalue weighted by Gasteiger charge is 2.15. The molecule has 0 aliphatic carbocycles. The minimum Gasteiger partial charge on any atom is -0.348 e. The first-order chi connectivity index (χ1) is 6.91. The lowest BCUT2D eigenvalue weighted by Crippen LogP contribution is -2.39. The molecule has 2 atom stereocenters. The number of aromatic nitrogens is 2. The van der Waals surface area contributed by atoms with Gasteiger partial charge in [-0.05, 0) is 20.8 Å². The van der Waals surface area contributed by atoms with Crippen LogP contribution < -0.4 is 11.1 Å². The van der Waals surface area contributed by atoms with E-state index in [0.717, 1.165) is 11.3 Å². The van der Waals surface area contributed by atoms with Gasteiger partial charge in [0.2, 0.25) is 5.91 Å². The van der Waals surface area contributed by atoms with Gasteiger partial charge in [0.1, 0.15) is 0 Å². The molecule has 3 N–H and O–H groups in total. The van der Waals surface area contributed by atoms with Crippen LogP contribution >= 0.6 is 12.4 Å². The smallest absolute Gasteiger partial charge is 0.237 e. The van der Waals surface area contributed by atoms with E-state index in [1.807, 2.05) is 27.1 Å². The largest absolute Gasteiger partial charge is 0.348 e. The molecule has 1 aromatic heterocycles. The summed E-state index contributed by atoms with van der Waals surface area (Å²) in [6, 6.07) is -0.540. The molecule has 1 rings (SSSR count). The molecule has 0 fully saturated rings. The van der Waals surface area contributed by atoms with E-state index < -0.39 is 6.04 Å². The average Bonchev–Trinajstić information content (AvgIpc) is 2.44. The summed E-state index contributed by atoms with van der Waals surface area (Å²) in [5.41, 5.74) is 7.42. The maximum absolute atomic E-state index is 11.4. The van der Waals surface area contributed by atoms with Crippen molar-refractivity contribution in [2.24, 2.45) is 12.8 Å². The number of amides is 1. The zero-order valence-corrected chi connectivity index (χ0v) is 10.8. The van der Waals surface area contributed by atoms with Gasteiger partial charge in [-0.2, -0.15) is 5.10 Å². The molecule has 0 saturated carbocycles. The molecular weight excluding hydrogens is 228 g/mol. The zero-order chi connectivity index (χ0) is 11.6. The Balaban J connectivity index is 0.00000225. The number of carbonyl (C=O) groups is 1. The summed E-state index contributed by atoms with van der Waals surface area (Å²) in [5, 5.41) is 7.05. The minimum atomic E-state index is -0.482. The van der Waals surface area contributed by atoms with Crippen molar-refractivity contribution in [3.63, 3.8) is 0 Å². The van der Waals surface area contributed by atoms with Gasteiger partial charge in [-0.1, -0.05) is 0 Å². The Hall–Kier alpha value is -1.07. The number of nitrogens with one attached hydrogen (secondary N) is 1. The van der Waals surface area contributed by atoms with Crippen LogP contribution in [0, 0.1) is 6.92 Å². The molecule has 1 unspecified atom stereocenters. The fourth-order valence-electron chi connectivity index (χ4n) is 1.47. The molecule has 1 heterocycles. The highest BCUT2D eigenvalue weighted by atomic mass is 35.5. The number of halogens is 1. The normalized spacial score (nSPS) is 13.8. The van der Waals surface area contributed by atoms with E-state index >= 15 is 0 Å². The van der Waals surface area contributed by atoms with Crippen LogP contribution in [0.2, 0.25) is 0 Å². The number of hydrogen-bond donors (Lipinski definition) is 2. The first kappa shape index (κ1) is 14.9. The summed E-state index contributed by atoms with van der Waals surface area (Å²) in [5.74, 6) is -0.147. The molecule has 0 aliphatic rings. The van der Waals surface area contributed by atoms with Crippen molar-refractivity contribution >= 4 is 18.3 Å². The van der Waals surface area contributed by atoms with E-state index in [0.29, 0.717) is 0 Å². The summed E-state index contributed by atoms with van der Waals surface area (Å²) >= 11 is 0. The van der Waals surface area contributed by atoms with Crippen LogP contribution in [0.25, 0.3) is 0 Å². The molecule has 6 heteroatoms. The Kier molecular flexibility index (Phi) is 5.47. The van der Waals surface area contributed by atoms with Gasteiger partial charge in [0, 0.05) is 18.8 Å². The molecule has 0 saturated heterocycles. The number of nitrogens with two attached hydrogens (primary N) is 1. The molecule has 92 valence electrons. The minimum absolute atomic E-state index is 0. The summed E-state index contributed by atoms with van der Waals surface area (Å²) in [6.07, 6.45) is 1.90. The van der Waals surface area contributed by atoms with Gasteiger partial charge in [0.15, 0.2) is 0 Å². The molecule has 16 heavy (non-hydrogen) atoms. The quantitative estimate of drug-likeness (QED) is 0.824. The van der Waals surface area contributed by atoms with Crippen molar-refractivity contribution < 1.29 is 4.79 Å². The fourth-order valence-corrected chi connectivity index (χ4v) is 1.47. The molecular formula is C10H19ClN4O. The van der Waals surface area contributed by atoms with Crippen molar-refractivity contribution in [3.8, 4) is 0 Å². The Labute approximate surface area is 102 Å². The zero-order valence-electron chi connectivity index (χ0n) is 10.0. The number of carbonyl (C=O) groups excluding carboxylic acids is 1. The van der Waals surface area contributed by atoms with Crippen LogP contribution in [-0.2, 0) is 11.8 Å². The van der Waals surface area contributed by atoms with Gasteiger partial charge in [-0.25, -0.2) is 0 Å². The number of nitrogens with zero attached hydrogens (tertiary/aromatic N) is 2. The van der Waals surface area contributed by atoms with Gasteiger partial charge in [0.25, 0.3) is 0 Å².